The SMILES string of the molecule is CCCCn1c(Br)nc2c1c(=O)n(CC(=O)c1ccccc1[N+](=O)[O-])c(=O)n2C. The smallest absolute Gasteiger partial charge is 0.313 e. The predicted octanol–water partition coefficient (Wildman–Crippen LogP) is 2.25. The number of Topliss-reactive ketones (excluding diaryl/α,β-unsaturated/α-hetero) is 1. The highest BCUT2D eigenvalue weighted by Crippen LogP contribution is 2.19. The summed E-state index contributed by atoms with van der Waals surface area (Å²) in [6.45, 7) is 1.91. The number of nitro benzene ring substituents is 1. The molecule has 0 atom stereocenters. The van der Waals surface area contributed by atoms with Gasteiger partial charge in [0.1, 0.15) is 0 Å². The second-order valence-electron chi connectivity index (χ2n) is 6.49. The van der Waals surface area contributed by atoms with Crippen LogP contribution in [0.2, 0.25) is 0 Å². The van der Waals surface area contributed by atoms with E-state index in [4.69, 9.17) is 0 Å². The summed E-state index contributed by atoms with van der Waals surface area (Å²) in [6, 6.07) is 5.43. The van der Waals surface area contributed by atoms with E-state index in [-0.39, 0.29) is 22.4 Å². The van der Waals surface area contributed by atoms with E-state index in [1.165, 1.54) is 35.9 Å². The largest absolute Gasteiger partial charge is 0.332 e. The number of carbonyl (C=O) groups is 1. The first-order valence-electron chi connectivity index (χ1n) is 8.90. The zero-order valence-corrected chi connectivity index (χ0v) is 17.4. The topological polar surface area (TPSA) is 122 Å². The number of unbranched alkanes of at least 4 members (excludes halogenated alkanes) is 1. The lowest BCUT2D eigenvalue weighted by molar-refractivity contribution is -0.385. The average Bonchev–Trinajstić information content (AvgIpc) is 3.04. The Morgan fingerprint density at radius 3 is 2.59 bits per heavy atom. The molecule has 3 aromatic rings. The monoisotopic (exact) mass is 463 g/mol. The van der Waals surface area contributed by atoms with Gasteiger partial charge in [-0.2, -0.15) is 0 Å². The normalized spacial score (nSPS) is 11.1. The molecule has 0 radical (unpaired) electrons. The molecule has 0 bridgehead atoms. The van der Waals surface area contributed by atoms with Crippen molar-refractivity contribution in [1.82, 2.24) is 18.7 Å². The van der Waals surface area contributed by atoms with Crippen LogP contribution in [0.5, 0.6) is 0 Å². The zero-order valence-electron chi connectivity index (χ0n) is 15.8. The van der Waals surface area contributed by atoms with Gasteiger partial charge in [-0.25, -0.2) is 9.78 Å². The number of aryl methyl sites for hydroxylation is 2. The minimum Gasteiger partial charge on any atom is -0.313 e. The Hall–Kier alpha value is -3.08. The molecule has 0 amide bonds. The van der Waals surface area contributed by atoms with Gasteiger partial charge in [0.15, 0.2) is 21.7 Å². The molecular formula is C18H18BrN5O5. The van der Waals surface area contributed by atoms with Crippen molar-refractivity contribution in [2.24, 2.45) is 7.05 Å². The number of halogens is 1. The summed E-state index contributed by atoms with van der Waals surface area (Å²) in [5.41, 5.74) is -1.52. The maximum Gasteiger partial charge on any atom is 0.332 e. The van der Waals surface area contributed by atoms with E-state index in [2.05, 4.69) is 20.9 Å². The molecule has 2 heterocycles. The van der Waals surface area contributed by atoms with Crippen LogP contribution in [0.15, 0.2) is 38.6 Å². The molecule has 0 saturated heterocycles. The quantitative estimate of drug-likeness (QED) is 0.229. The van der Waals surface area contributed by atoms with E-state index < -0.39 is 28.5 Å². The van der Waals surface area contributed by atoms with Crippen LogP contribution in [0.1, 0.15) is 30.1 Å². The van der Waals surface area contributed by atoms with Crippen molar-refractivity contribution in [3.63, 3.8) is 0 Å². The van der Waals surface area contributed by atoms with Crippen LogP contribution in [-0.2, 0) is 20.1 Å². The molecule has 2 aromatic heterocycles. The number of hydrogen-bond donors (Lipinski definition) is 0. The summed E-state index contributed by atoms with van der Waals surface area (Å²) in [6.07, 6.45) is 1.68. The minimum absolute atomic E-state index is 0.160. The molecule has 0 aliphatic heterocycles. The number of rotatable bonds is 7. The van der Waals surface area contributed by atoms with Crippen molar-refractivity contribution in [2.45, 2.75) is 32.9 Å². The Balaban J connectivity index is 2.16. The Morgan fingerprint density at radius 2 is 1.93 bits per heavy atom. The molecule has 11 heteroatoms. The molecule has 0 spiro atoms. The van der Waals surface area contributed by atoms with Crippen LogP contribution in [-0.4, -0.2) is 29.4 Å². The number of fused-ring (bicyclic) bond motifs is 1. The molecular weight excluding hydrogens is 446 g/mol. The number of aromatic nitrogens is 4. The highest BCUT2D eigenvalue weighted by atomic mass is 79.9. The van der Waals surface area contributed by atoms with Crippen molar-refractivity contribution in [3.05, 3.63) is 65.5 Å². The Bertz CT molecular complexity index is 1240. The van der Waals surface area contributed by atoms with Crippen LogP contribution in [0, 0.1) is 10.1 Å². The minimum atomic E-state index is -0.720. The number of ketones is 1. The summed E-state index contributed by atoms with van der Waals surface area (Å²) in [5, 5.41) is 11.2. The van der Waals surface area contributed by atoms with Gasteiger partial charge in [0.25, 0.3) is 11.2 Å². The van der Waals surface area contributed by atoms with Gasteiger partial charge in [0.05, 0.1) is 17.0 Å². The molecule has 0 fully saturated rings. The lowest BCUT2D eigenvalue weighted by atomic mass is 10.1. The third-order valence-corrected chi connectivity index (χ3v) is 5.23. The molecule has 0 saturated carbocycles. The lowest BCUT2D eigenvalue weighted by Crippen LogP contribution is -2.41. The van der Waals surface area contributed by atoms with Crippen LogP contribution < -0.4 is 11.2 Å². The van der Waals surface area contributed by atoms with Crippen LogP contribution in [0.25, 0.3) is 11.2 Å². The second-order valence-corrected chi connectivity index (χ2v) is 7.20. The Labute approximate surface area is 172 Å². The fourth-order valence-corrected chi connectivity index (χ4v) is 3.62. The molecule has 0 aliphatic carbocycles. The molecule has 10 nitrogen and oxygen atoms in total. The molecule has 29 heavy (non-hydrogen) atoms. The van der Waals surface area contributed by atoms with E-state index in [0.717, 1.165) is 17.4 Å². The van der Waals surface area contributed by atoms with E-state index in [1.54, 1.807) is 4.57 Å². The fraction of sp³-hybridized carbons (Fsp3) is 0.333. The van der Waals surface area contributed by atoms with E-state index in [9.17, 15) is 24.5 Å². The van der Waals surface area contributed by atoms with E-state index >= 15 is 0 Å². The first-order chi connectivity index (χ1) is 13.8. The summed E-state index contributed by atoms with van der Waals surface area (Å²) >= 11 is 3.32. The van der Waals surface area contributed by atoms with E-state index in [0.29, 0.717) is 11.3 Å². The Kier molecular flexibility index (Phi) is 5.78. The highest BCUT2D eigenvalue weighted by Gasteiger charge is 2.24. The summed E-state index contributed by atoms with van der Waals surface area (Å²) in [5.74, 6) is -0.700. The van der Waals surface area contributed by atoms with Gasteiger partial charge in [0.2, 0.25) is 0 Å². The van der Waals surface area contributed by atoms with Gasteiger partial charge < -0.3 is 4.57 Å². The average molecular weight is 464 g/mol. The van der Waals surface area contributed by atoms with Crippen LogP contribution >= 0.6 is 15.9 Å². The summed E-state index contributed by atoms with van der Waals surface area (Å²) in [4.78, 5) is 53.3. The molecule has 152 valence electrons. The number of benzene rings is 1. The number of nitrogens with zero attached hydrogens (tertiary/aromatic N) is 5. The van der Waals surface area contributed by atoms with Gasteiger partial charge in [-0.3, -0.25) is 28.8 Å². The number of imidazole rings is 1. The first kappa shape index (κ1) is 20.6. The maximum atomic E-state index is 13.1. The highest BCUT2D eigenvalue weighted by molar-refractivity contribution is 9.10. The van der Waals surface area contributed by atoms with Crippen molar-refractivity contribution >= 4 is 38.6 Å². The Morgan fingerprint density at radius 1 is 1.24 bits per heavy atom. The number of hydrogen-bond acceptors (Lipinski definition) is 6. The maximum absolute atomic E-state index is 13.1. The molecule has 0 unspecified atom stereocenters. The van der Waals surface area contributed by atoms with Crippen molar-refractivity contribution in [3.8, 4) is 0 Å². The second kappa shape index (κ2) is 8.11. The fourth-order valence-electron chi connectivity index (χ4n) is 3.10. The van der Waals surface area contributed by atoms with Crippen LogP contribution in [0.4, 0.5) is 5.69 Å². The zero-order chi connectivity index (χ0) is 21.3. The molecule has 1 aromatic carbocycles. The van der Waals surface area contributed by atoms with E-state index in [1.807, 2.05) is 6.92 Å². The standard InChI is InChI=1S/C18H18BrN5O5/c1-3-4-9-22-14-15(20-17(22)19)21(2)18(27)23(16(14)26)10-13(25)11-7-5-6-8-12(11)24(28)29/h5-8H,3-4,9-10H2,1-2H3. The van der Waals surface area contributed by atoms with Gasteiger partial charge in [-0.1, -0.05) is 25.5 Å². The molecule has 0 aliphatic rings. The predicted molar refractivity (Wildman–Crippen MR) is 109 cm³/mol. The first-order valence-corrected chi connectivity index (χ1v) is 9.69. The lowest BCUT2D eigenvalue weighted by Gasteiger charge is -2.10. The summed E-state index contributed by atoms with van der Waals surface area (Å²) < 4.78 is 4.05. The molecule has 3 rings (SSSR count). The van der Waals surface area contributed by atoms with Gasteiger partial charge in [-0.05, 0) is 28.4 Å². The summed E-state index contributed by atoms with van der Waals surface area (Å²) in [7, 11) is 1.46. The van der Waals surface area contributed by atoms with Crippen molar-refractivity contribution < 1.29 is 9.72 Å². The number of nitro groups is 1. The molecule has 0 N–H and O–H groups in total. The third kappa shape index (κ3) is 3.65. The van der Waals surface area contributed by atoms with Gasteiger partial charge >= 0.3 is 5.69 Å². The number of para-hydroxylation sites is 1. The third-order valence-electron chi connectivity index (χ3n) is 4.62. The van der Waals surface area contributed by atoms with Crippen LogP contribution in [0.3, 0.4) is 0 Å². The van der Waals surface area contributed by atoms with Gasteiger partial charge in [0, 0.05) is 19.7 Å². The van der Waals surface area contributed by atoms with Gasteiger partial charge in [-0.15, -0.1) is 0 Å². The van der Waals surface area contributed by atoms with Crippen molar-refractivity contribution in [2.75, 3.05) is 0 Å². The van der Waals surface area contributed by atoms with Crippen molar-refractivity contribution in [1.29, 1.82) is 0 Å². The number of carbonyl (C=O) groups excluding carboxylic acids is 1.